The number of rotatable bonds is 6. The van der Waals surface area contributed by atoms with E-state index in [0.29, 0.717) is 24.8 Å². The number of carbonyl (C=O) groups is 1. The molecule has 0 radical (unpaired) electrons. The quantitative estimate of drug-likeness (QED) is 0.652. The Bertz CT molecular complexity index is 953. The molecule has 1 amide bonds. The second-order valence-electron chi connectivity index (χ2n) is 7.65. The minimum absolute atomic E-state index is 0. The average Bonchev–Trinajstić information content (AvgIpc) is 3.24. The molecule has 0 aliphatic carbocycles. The van der Waals surface area contributed by atoms with Crippen LogP contribution in [-0.2, 0) is 13.1 Å². The summed E-state index contributed by atoms with van der Waals surface area (Å²) < 4.78 is 1.94. The van der Waals surface area contributed by atoms with E-state index in [1.807, 2.05) is 46.1 Å². The summed E-state index contributed by atoms with van der Waals surface area (Å²) in [6, 6.07) is 16.2. The molecule has 30 heavy (non-hydrogen) atoms. The third-order valence-corrected chi connectivity index (χ3v) is 5.29. The molecule has 1 atom stereocenters. The molecule has 1 N–H and O–H groups in total. The van der Waals surface area contributed by atoms with Crippen molar-refractivity contribution in [3.05, 3.63) is 83.4 Å². The summed E-state index contributed by atoms with van der Waals surface area (Å²) in [5.41, 5.74) is 3.63. The Morgan fingerprint density at radius 3 is 2.83 bits per heavy atom. The Labute approximate surface area is 183 Å². The second-order valence-corrected chi connectivity index (χ2v) is 7.65. The lowest BCUT2D eigenvalue weighted by atomic mass is 10.1. The summed E-state index contributed by atoms with van der Waals surface area (Å²) in [5, 5.41) is 8.02. The predicted molar refractivity (Wildman–Crippen MR) is 120 cm³/mol. The third kappa shape index (κ3) is 5.46. The van der Waals surface area contributed by atoms with Gasteiger partial charge in [0.15, 0.2) is 0 Å². The fourth-order valence-corrected chi connectivity index (χ4v) is 3.79. The van der Waals surface area contributed by atoms with E-state index < -0.39 is 0 Å². The number of pyridine rings is 1. The number of amides is 1. The van der Waals surface area contributed by atoms with Gasteiger partial charge in [-0.15, -0.1) is 12.4 Å². The molecule has 1 aliphatic heterocycles. The molecular weight excluding hydrogens is 398 g/mol. The van der Waals surface area contributed by atoms with Crippen molar-refractivity contribution in [2.45, 2.75) is 38.9 Å². The SMILES string of the molecule is Cc1cccc(CN(Cc2ccccn2)C(=O)c2ccn(C3CCCNC3)n2)c1.Cl. The van der Waals surface area contributed by atoms with Crippen LogP contribution in [0.2, 0.25) is 0 Å². The fourth-order valence-electron chi connectivity index (χ4n) is 3.79. The van der Waals surface area contributed by atoms with Crippen LogP contribution < -0.4 is 5.32 Å². The van der Waals surface area contributed by atoms with Gasteiger partial charge in [0.2, 0.25) is 0 Å². The molecule has 1 aromatic carbocycles. The van der Waals surface area contributed by atoms with Crippen LogP contribution >= 0.6 is 12.4 Å². The van der Waals surface area contributed by atoms with Crippen molar-refractivity contribution in [1.82, 2.24) is 25.0 Å². The minimum atomic E-state index is -0.0697. The number of benzene rings is 1. The van der Waals surface area contributed by atoms with Crippen LogP contribution in [0.25, 0.3) is 0 Å². The van der Waals surface area contributed by atoms with Gasteiger partial charge in [0.25, 0.3) is 5.91 Å². The molecule has 3 heterocycles. The van der Waals surface area contributed by atoms with E-state index in [2.05, 4.69) is 40.5 Å². The second kappa shape index (κ2) is 10.4. The van der Waals surface area contributed by atoms with Crippen LogP contribution in [0.4, 0.5) is 0 Å². The molecular formula is C23H28ClN5O. The summed E-state index contributed by atoms with van der Waals surface area (Å²) in [6.07, 6.45) is 5.90. The minimum Gasteiger partial charge on any atom is -0.327 e. The molecule has 0 saturated carbocycles. The Morgan fingerprint density at radius 1 is 1.20 bits per heavy atom. The van der Waals surface area contributed by atoms with Crippen LogP contribution in [0.1, 0.15) is 46.2 Å². The zero-order valence-electron chi connectivity index (χ0n) is 17.2. The van der Waals surface area contributed by atoms with E-state index >= 15 is 0 Å². The number of aryl methyl sites for hydroxylation is 1. The normalized spacial score (nSPS) is 16.0. The van der Waals surface area contributed by atoms with Crippen LogP contribution in [0.5, 0.6) is 0 Å². The van der Waals surface area contributed by atoms with E-state index in [4.69, 9.17) is 0 Å². The van der Waals surface area contributed by atoms with E-state index in [9.17, 15) is 4.79 Å². The highest BCUT2D eigenvalue weighted by atomic mass is 35.5. The number of piperidine rings is 1. The van der Waals surface area contributed by atoms with E-state index in [0.717, 1.165) is 37.2 Å². The first-order chi connectivity index (χ1) is 14.2. The van der Waals surface area contributed by atoms with Gasteiger partial charge in [0.05, 0.1) is 18.3 Å². The molecule has 6 nitrogen and oxygen atoms in total. The van der Waals surface area contributed by atoms with Crippen molar-refractivity contribution >= 4 is 18.3 Å². The lowest BCUT2D eigenvalue weighted by Crippen LogP contribution is -2.33. The molecule has 7 heteroatoms. The molecule has 1 fully saturated rings. The Kier molecular flexibility index (Phi) is 7.60. The van der Waals surface area contributed by atoms with E-state index in [-0.39, 0.29) is 18.3 Å². The van der Waals surface area contributed by atoms with Crippen LogP contribution in [0.15, 0.2) is 60.9 Å². The molecule has 1 unspecified atom stereocenters. The summed E-state index contributed by atoms with van der Waals surface area (Å²) in [6.45, 7) is 4.99. The van der Waals surface area contributed by atoms with Crippen molar-refractivity contribution in [2.75, 3.05) is 13.1 Å². The van der Waals surface area contributed by atoms with Gasteiger partial charge in [0, 0.05) is 25.5 Å². The highest BCUT2D eigenvalue weighted by Crippen LogP contribution is 2.18. The predicted octanol–water partition coefficient (Wildman–Crippen LogP) is 3.78. The van der Waals surface area contributed by atoms with E-state index in [1.165, 1.54) is 5.56 Å². The Morgan fingerprint density at radius 2 is 2.10 bits per heavy atom. The van der Waals surface area contributed by atoms with Crippen LogP contribution in [0.3, 0.4) is 0 Å². The highest BCUT2D eigenvalue weighted by Gasteiger charge is 2.22. The largest absolute Gasteiger partial charge is 0.327 e. The zero-order valence-corrected chi connectivity index (χ0v) is 18.0. The maximum atomic E-state index is 13.3. The van der Waals surface area contributed by atoms with Crippen molar-refractivity contribution in [3.8, 4) is 0 Å². The fraction of sp³-hybridized carbons (Fsp3) is 0.348. The molecule has 0 bridgehead atoms. The molecule has 2 aromatic heterocycles. The maximum Gasteiger partial charge on any atom is 0.275 e. The van der Waals surface area contributed by atoms with Gasteiger partial charge < -0.3 is 10.2 Å². The number of hydrogen-bond acceptors (Lipinski definition) is 4. The van der Waals surface area contributed by atoms with E-state index in [1.54, 1.807) is 6.20 Å². The molecule has 0 spiro atoms. The number of carbonyl (C=O) groups excluding carboxylic acids is 1. The zero-order chi connectivity index (χ0) is 20.1. The molecule has 3 aromatic rings. The monoisotopic (exact) mass is 425 g/mol. The lowest BCUT2D eigenvalue weighted by Gasteiger charge is -2.23. The first-order valence-electron chi connectivity index (χ1n) is 10.2. The number of hydrogen-bond donors (Lipinski definition) is 1. The smallest absolute Gasteiger partial charge is 0.275 e. The van der Waals surface area contributed by atoms with Gasteiger partial charge >= 0.3 is 0 Å². The summed E-state index contributed by atoms with van der Waals surface area (Å²) >= 11 is 0. The van der Waals surface area contributed by atoms with Gasteiger partial charge in [-0.25, -0.2) is 0 Å². The van der Waals surface area contributed by atoms with Gasteiger partial charge in [-0.05, 0) is 50.1 Å². The van der Waals surface area contributed by atoms with Gasteiger partial charge in [0.1, 0.15) is 5.69 Å². The number of nitrogens with one attached hydrogen (secondary N) is 1. The summed E-state index contributed by atoms with van der Waals surface area (Å²) in [5.74, 6) is -0.0697. The van der Waals surface area contributed by atoms with Gasteiger partial charge in [-0.3, -0.25) is 14.5 Å². The maximum absolute atomic E-state index is 13.3. The number of aromatic nitrogens is 3. The number of halogens is 1. The van der Waals surface area contributed by atoms with Crippen LogP contribution in [0, 0.1) is 6.92 Å². The highest BCUT2D eigenvalue weighted by molar-refractivity contribution is 5.92. The molecule has 1 aliphatic rings. The van der Waals surface area contributed by atoms with Crippen LogP contribution in [-0.4, -0.2) is 38.7 Å². The topological polar surface area (TPSA) is 63.1 Å². The van der Waals surface area contributed by atoms with Gasteiger partial charge in [-0.2, -0.15) is 5.10 Å². The van der Waals surface area contributed by atoms with Crippen molar-refractivity contribution in [3.63, 3.8) is 0 Å². The number of nitrogens with zero attached hydrogens (tertiary/aromatic N) is 4. The van der Waals surface area contributed by atoms with Gasteiger partial charge in [-0.1, -0.05) is 35.9 Å². The lowest BCUT2D eigenvalue weighted by molar-refractivity contribution is 0.0720. The van der Waals surface area contributed by atoms with Crippen molar-refractivity contribution in [1.29, 1.82) is 0 Å². The van der Waals surface area contributed by atoms with Crippen molar-refractivity contribution in [2.24, 2.45) is 0 Å². The Hall–Kier alpha value is -2.70. The summed E-state index contributed by atoms with van der Waals surface area (Å²) in [4.78, 5) is 19.6. The third-order valence-electron chi connectivity index (χ3n) is 5.29. The first-order valence-corrected chi connectivity index (χ1v) is 10.2. The molecule has 4 rings (SSSR count). The standard InChI is InChI=1S/C23H27N5O.ClH/c1-18-6-4-7-19(14-18)16-27(17-20-8-2-3-12-25-20)23(29)22-10-13-28(26-22)21-9-5-11-24-15-21;/h2-4,6-8,10,12-14,21,24H,5,9,11,15-17H2,1H3;1H. The molecule has 158 valence electrons. The van der Waals surface area contributed by atoms with Crippen molar-refractivity contribution < 1.29 is 4.79 Å². The summed E-state index contributed by atoms with van der Waals surface area (Å²) in [7, 11) is 0. The Balaban J connectivity index is 0.00000256. The first kappa shape index (κ1) is 22.0. The average molecular weight is 426 g/mol. The molecule has 1 saturated heterocycles.